The molecule has 30 heavy (non-hydrogen) atoms. The number of carbonyl (C=O) groups excluding carboxylic acids is 1. The number of nitrogens with zero attached hydrogens (tertiary/aromatic N) is 1. The monoisotopic (exact) mass is 402 g/mol. The van der Waals surface area contributed by atoms with Crippen LogP contribution in [0.1, 0.15) is 5.69 Å². The fraction of sp³-hybridized carbons (Fsp3) is 0.0870. The maximum Gasteiger partial charge on any atom is 0.258 e. The largest absolute Gasteiger partial charge is 0.507 e. The SMILES string of the molecule is O=C(COc1cc(O)c2c(=O)cc(-c3ccccc3)oc2c1)NCc1ccccn1. The van der Waals surface area contributed by atoms with Crippen molar-refractivity contribution in [1.29, 1.82) is 0 Å². The van der Waals surface area contributed by atoms with Gasteiger partial charge in [-0.25, -0.2) is 0 Å². The highest BCUT2D eigenvalue weighted by atomic mass is 16.5. The molecule has 1 amide bonds. The van der Waals surface area contributed by atoms with Crippen molar-refractivity contribution in [2.45, 2.75) is 6.54 Å². The van der Waals surface area contributed by atoms with Crippen LogP contribution in [0.4, 0.5) is 0 Å². The molecule has 0 atom stereocenters. The van der Waals surface area contributed by atoms with E-state index in [1.54, 1.807) is 18.3 Å². The second kappa shape index (κ2) is 8.48. The van der Waals surface area contributed by atoms with Crippen LogP contribution in [0.5, 0.6) is 11.5 Å². The number of benzene rings is 2. The number of phenolic OH excluding ortho intramolecular Hbond substituents is 1. The molecule has 7 heteroatoms. The Kier molecular flexibility index (Phi) is 5.43. The molecule has 0 unspecified atom stereocenters. The van der Waals surface area contributed by atoms with Gasteiger partial charge in [-0.05, 0) is 12.1 Å². The molecule has 0 bridgehead atoms. The van der Waals surface area contributed by atoms with E-state index in [0.717, 1.165) is 11.3 Å². The molecule has 4 rings (SSSR count). The number of nitrogens with one attached hydrogen (secondary N) is 1. The third kappa shape index (κ3) is 4.30. The van der Waals surface area contributed by atoms with Crippen molar-refractivity contribution in [2.75, 3.05) is 6.61 Å². The summed E-state index contributed by atoms with van der Waals surface area (Å²) < 4.78 is 11.3. The van der Waals surface area contributed by atoms with Crippen molar-refractivity contribution in [3.05, 3.63) is 88.8 Å². The number of phenols is 1. The first-order valence-corrected chi connectivity index (χ1v) is 9.26. The minimum Gasteiger partial charge on any atom is -0.507 e. The van der Waals surface area contributed by atoms with Crippen molar-refractivity contribution in [2.24, 2.45) is 0 Å². The van der Waals surface area contributed by atoms with Crippen LogP contribution in [-0.2, 0) is 11.3 Å². The molecule has 0 fully saturated rings. The summed E-state index contributed by atoms with van der Waals surface area (Å²) >= 11 is 0. The van der Waals surface area contributed by atoms with Gasteiger partial charge in [0.15, 0.2) is 12.0 Å². The first-order valence-electron chi connectivity index (χ1n) is 9.26. The average molecular weight is 402 g/mol. The first kappa shape index (κ1) is 19.2. The molecule has 2 heterocycles. The van der Waals surface area contributed by atoms with Crippen LogP contribution in [0, 0.1) is 0 Å². The van der Waals surface area contributed by atoms with Gasteiger partial charge < -0.3 is 19.6 Å². The molecule has 0 spiro atoms. The topological polar surface area (TPSA) is 102 Å². The highest BCUT2D eigenvalue weighted by Gasteiger charge is 2.13. The van der Waals surface area contributed by atoms with E-state index in [2.05, 4.69) is 10.3 Å². The lowest BCUT2D eigenvalue weighted by Gasteiger charge is -2.10. The van der Waals surface area contributed by atoms with Gasteiger partial charge in [-0.3, -0.25) is 14.6 Å². The molecule has 2 aromatic carbocycles. The fourth-order valence-electron chi connectivity index (χ4n) is 2.96. The molecule has 7 nitrogen and oxygen atoms in total. The summed E-state index contributed by atoms with van der Waals surface area (Å²) in [4.78, 5) is 28.6. The lowest BCUT2D eigenvalue weighted by Crippen LogP contribution is -2.28. The van der Waals surface area contributed by atoms with Crippen molar-refractivity contribution in [3.63, 3.8) is 0 Å². The highest BCUT2D eigenvalue weighted by Crippen LogP contribution is 2.31. The number of aromatic hydroxyl groups is 1. The smallest absolute Gasteiger partial charge is 0.258 e. The predicted molar refractivity (Wildman–Crippen MR) is 111 cm³/mol. The van der Waals surface area contributed by atoms with Gasteiger partial charge in [-0.1, -0.05) is 36.4 Å². The number of carbonyl (C=O) groups is 1. The molecular weight excluding hydrogens is 384 g/mol. The Morgan fingerprint density at radius 1 is 1.07 bits per heavy atom. The second-order valence-electron chi connectivity index (χ2n) is 6.54. The average Bonchev–Trinajstić information content (AvgIpc) is 2.77. The molecule has 150 valence electrons. The van der Waals surface area contributed by atoms with E-state index in [-0.39, 0.29) is 47.0 Å². The number of aromatic nitrogens is 1. The zero-order chi connectivity index (χ0) is 20.9. The van der Waals surface area contributed by atoms with Crippen molar-refractivity contribution in [3.8, 4) is 22.8 Å². The molecule has 0 saturated heterocycles. The summed E-state index contributed by atoms with van der Waals surface area (Å²) in [5, 5.41) is 13.0. The van der Waals surface area contributed by atoms with Crippen LogP contribution >= 0.6 is 0 Å². The van der Waals surface area contributed by atoms with E-state index in [1.807, 2.05) is 36.4 Å². The Labute approximate surface area is 171 Å². The molecule has 0 saturated carbocycles. The van der Waals surface area contributed by atoms with Crippen molar-refractivity contribution in [1.82, 2.24) is 10.3 Å². The zero-order valence-corrected chi connectivity index (χ0v) is 15.9. The summed E-state index contributed by atoms with van der Waals surface area (Å²) in [6.45, 7) is 0.0156. The number of fused-ring (bicyclic) bond motifs is 1. The highest BCUT2D eigenvalue weighted by molar-refractivity contribution is 5.86. The van der Waals surface area contributed by atoms with E-state index in [4.69, 9.17) is 9.15 Å². The van der Waals surface area contributed by atoms with Gasteiger partial charge in [-0.2, -0.15) is 0 Å². The van der Waals surface area contributed by atoms with E-state index in [1.165, 1.54) is 18.2 Å². The predicted octanol–water partition coefficient (Wildman–Crippen LogP) is 3.26. The summed E-state index contributed by atoms with van der Waals surface area (Å²) in [5.41, 5.74) is 1.26. The van der Waals surface area contributed by atoms with Crippen molar-refractivity contribution < 1.29 is 19.1 Å². The fourth-order valence-corrected chi connectivity index (χ4v) is 2.96. The Morgan fingerprint density at radius 3 is 2.63 bits per heavy atom. The quantitative estimate of drug-likeness (QED) is 0.513. The first-order chi connectivity index (χ1) is 14.6. The van der Waals surface area contributed by atoms with Gasteiger partial charge in [0.25, 0.3) is 5.91 Å². The number of hydrogen-bond donors (Lipinski definition) is 2. The van der Waals surface area contributed by atoms with Crippen LogP contribution in [0.15, 0.2) is 82.1 Å². The normalized spacial score (nSPS) is 10.7. The number of ether oxygens (including phenoxy) is 1. The van der Waals surface area contributed by atoms with Gasteiger partial charge >= 0.3 is 0 Å². The van der Waals surface area contributed by atoms with Gasteiger partial charge in [-0.15, -0.1) is 0 Å². The second-order valence-corrected chi connectivity index (χ2v) is 6.54. The Bertz CT molecular complexity index is 1240. The Morgan fingerprint density at radius 2 is 1.87 bits per heavy atom. The van der Waals surface area contributed by atoms with Crippen LogP contribution < -0.4 is 15.5 Å². The van der Waals surface area contributed by atoms with E-state index >= 15 is 0 Å². The minimum absolute atomic E-state index is 0.0571. The molecular formula is C23H18N2O5. The molecule has 2 N–H and O–H groups in total. The van der Waals surface area contributed by atoms with Gasteiger partial charge in [0, 0.05) is 30.0 Å². The maximum absolute atomic E-state index is 12.5. The van der Waals surface area contributed by atoms with Crippen LogP contribution in [-0.4, -0.2) is 22.6 Å². The molecule has 0 aliphatic heterocycles. The maximum atomic E-state index is 12.5. The van der Waals surface area contributed by atoms with E-state index in [0.29, 0.717) is 5.76 Å². The molecule has 0 radical (unpaired) electrons. The van der Waals surface area contributed by atoms with Crippen LogP contribution in [0.25, 0.3) is 22.3 Å². The van der Waals surface area contributed by atoms with E-state index < -0.39 is 0 Å². The third-order valence-corrected chi connectivity index (χ3v) is 4.40. The Balaban J connectivity index is 1.51. The summed E-state index contributed by atoms with van der Waals surface area (Å²) in [6, 6.07) is 18.7. The van der Waals surface area contributed by atoms with Crippen molar-refractivity contribution >= 4 is 16.9 Å². The van der Waals surface area contributed by atoms with Crippen LogP contribution in [0.3, 0.4) is 0 Å². The lowest BCUT2D eigenvalue weighted by atomic mass is 10.1. The lowest BCUT2D eigenvalue weighted by molar-refractivity contribution is -0.123. The minimum atomic E-state index is -0.368. The molecule has 0 aliphatic rings. The number of hydrogen-bond acceptors (Lipinski definition) is 6. The summed E-state index contributed by atoms with van der Waals surface area (Å²) in [5.74, 6) is -0.0383. The van der Waals surface area contributed by atoms with Crippen LogP contribution in [0.2, 0.25) is 0 Å². The standard InChI is InChI=1S/C23H18N2O5/c26-18-10-17(29-14-22(28)25-13-16-8-4-5-9-24-16)11-21-23(18)19(27)12-20(30-21)15-6-2-1-3-7-15/h1-12,26H,13-14H2,(H,25,28). The van der Waals surface area contributed by atoms with E-state index in [9.17, 15) is 14.7 Å². The van der Waals surface area contributed by atoms with Gasteiger partial charge in [0.1, 0.15) is 28.2 Å². The number of rotatable bonds is 6. The van der Waals surface area contributed by atoms with Gasteiger partial charge in [0.2, 0.25) is 0 Å². The molecule has 2 aromatic heterocycles. The zero-order valence-electron chi connectivity index (χ0n) is 15.9. The Hall–Kier alpha value is -4.13. The summed E-state index contributed by atoms with van der Waals surface area (Å²) in [6.07, 6.45) is 1.65. The third-order valence-electron chi connectivity index (χ3n) is 4.40. The molecule has 0 aliphatic carbocycles. The molecule has 4 aromatic rings. The number of amides is 1. The van der Waals surface area contributed by atoms with Gasteiger partial charge in [0.05, 0.1) is 12.2 Å². The summed E-state index contributed by atoms with van der Waals surface area (Å²) in [7, 11) is 0. The number of pyridine rings is 1.